The molecule has 0 radical (unpaired) electrons. The van der Waals surface area contributed by atoms with Crippen molar-refractivity contribution in [3.8, 4) is 0 Å². The van der Waals surface area contributed by atoms with Crippen LogP contribution in [0.4, 0.5) is 16.4 Å². The molecule has 0 bridgehead atoms. The highest BCUT2D eigenvalue weighted by atomic mass is 16.2. The molecule has 1 saturated heterocycles. The number of hydrogen-bond donors (Lipinski definition) is 2. The molecule has 2 N–H and O–H groups in total. The summed E-state index contributed by atoms with van der Waals surface area (Å²) in [6, 6.07) is 9.22. The van der Waals surface area contributed by atoms with Crippen molar-refractivity contribution in [2.24, 2.45) is 0 Å². The van der Waals surface area contributed by atoms with Gasteiger partial charge < -0.3 is 20.4 Å². The largest absolute Gasteiger partial charge is 0.337 e. The lowest BCUT2D eigenvalue weighted by atomic mass is 10.1. The first-order chi connectivity index (χ1) is 13.2. The van der Waals surface area contributed by atoms with Crippen LogP contribution in [0.25, 0.3) is 0 Å². The molecule has 8 nitrogen and oxygen atoms in total. The molecule has 1 aliphatic heterocycles. The number of rotatable bonds is 5. The number of hydrogen-bond acceptors (Lipinski definition) is 5. The Morgan fingerprint density at radius 1 is 1.04 bits per heavy atom. The van der Waals surface area contributed by atoms with Crippen molar-refractivity contribution >= 4 is 23.6 Å². The number of piperazine rings is 1. The number of amides is 3. The summed E-state index contributed by atoms with van der Waals surface area (Å²) in [5.41, 5.74) is 1.93. The van der Waals surface area contributed by atoms with Crippen molar-refractivity contribution in [3.63, 3.8) is 0 Å². The normalized spacial score (nSPS) is 14.0. The van der Waals surface area contributed by atoms with E-state index in [1.165, 1.54) is 5.56 Å². The van der Waals surface area contributed by atoms with Gasteiger partial charge in [0.2, 0.25) is 11.9 Å². The van der Waals surface area contributed by atoms with Gasteiger partial charge in [-0.15, -0.1) is 0 Å². The quantitative estimate of drug-likeness (QED) is 0.835. The zero-order valence-corrected chi connectivity index (χ0v) is 15.4. The van der Waals surface area contributed by atoms with E-state index in [4.69, 9.17) is 0 Å². The fraction of sp³-hybridized carbons (Fsp3) is 0.368. The summed E-state index contributed by atoms with van der Waals surface area (Å²) >= 11 is 0. The van der Waals surface area contributed by atoms with Crippen LogP contribution in [-0.2, 0) is 11.2 Å². The SMILES string of the molecule is CCc1ccc(NC(=O)CNC(=O)N2CCN(c3ncccn3)CC2)cc1. The van der Waals surface area contributed by atoms with E-state index in [9.17, 15) is 9.59 Å². The highest BCUT2D eigenvalue weighted by Gasteiger charge is 2.22. The molecule has 1 aromatic carbocycles. The van der Waals surface area contributed by atoms with Gasteiger partial charge in [-0.1, -0.05) is 19.1 Å². The molecule has 0 atom stereocenters. The van der Waals surface area contributed by atoms with E-state index in [0.29, 0.717) is 32.1 Å². The molecule has 1 aromatic heterocycles. The first-order valence-corrected chi connectivity index (χ1v) is 9.09. The van der Waals surface area contributed by atoms with E-state index in [-0.39, 0.29) is 18.5 Å². The number of carbonyl (C=O) groups is 2. The molecule has 0 spiro atoms. The van der Waals surface area contributed by atoms with E-state index in [2.05, 4.69) is 27.5 Å². The average molecular weight is 368 g/mol. The molecule has 0 aliphatic carbocycles. The fourth-order valence-corrected chi connectivity index (χ4v) is 2.86. The lowest BCUT2D eigenvalue weighted by Gasteiger charge is -2.34. The van der Waals surface area contributed by atoms with Crippen molar-refractivity contribution in [1.29, 1.82) is 0 Å². The van der Waals surface area contributed by atoms with Crippen LogP contribution in [0.2, 0.25) is 0 Å². The van der Waals surface area contributed by atoms with Crippen molar-refractivity contribution in [2.45, 2.75) is 13.3 Å². The Labute approximate surface area is 158 Å². The maximum atomic E-state index is 12.3. The van der Waals surface area contributed by atoms with Gasteiger partial charge in [-0.3, -0.25) is 4.79 Å². The molecule has 8 heteroatoms. The molecule has 1 aliphatic rings. The third-order valence-electron chi connectivity index (χ3n) is 4.45. The van der Waals surface area contributed by atoms with Crippen molar-refractivity contribution in [3.05, 3.63) is 48.3 Å². The Hall–Kier alpha value is -3.16. The average Bonchev–Trinajstić information content (AvgIpc) is 2.73. The molecule has 3 amide bonds. The predicted molar refractivity (Wildman–Crippen MR) is 104 cm³/mol. The lowest BCUT2D eigenvalue weighted by molar-refractivity contribution is -0.115. The Balaban J connectivity index is 1.41. The van der Waals surface area contributed by atoms with Crippen LogP contribution < -0.4 is 15.5 Å². The molecule has 2 heterocycles. The third-order valence-corrected chi connectivity index (χ3v) is 4.45. The number of aryl methyl sites for hydroxylation is 1. The van der Waals surface area contributed by atoms with Gasteiger partial charge in [-0.2, -0.15) is 0 Å². The van der Waals surface area contributed by atoms with Crippen LogP contribution in [0.15, 0.2) is 42.7 Å². The number of anilines is 2. The van der Waals surface area contributed by atoms with Gasteiger partial charge in [0.15, 0.2) is 0 Å². The summed E-state index contributed by atoms with van der Waals surface area (Å²) in [6.45, 7) is 4.46. The maximum Gasteiger partial charge on any atom is 0.317 e. The minimum absolute atomic E-state index is 0.0592. The van der Waals surface area contributed by atoms with Gasteiger partial charge in [-0.05, 0) is 30.2 Å². The minimum Gasteiger partial charge on any atom is -0.337 e. The van der Waals surface area contributed by atoms with Gasteiger partial charge in [0.1, 0.15) is 0 Å². The van der Waals surface area contributed by atoms with Crippen LogP contribution in [-0.4, -0.2) is 59.5 Å². The Morgan fingerprint density at radius 3 is 2.33 bits per heavy atom. The molecule has 3 rings (SSSR count). The molecule has 142 valence electrons. The first-order valence-electron chi connectivity index (χ1n) is 9.09. The summed E-state index contributed by atoms with van der Waals surface area (Å²) in [5.74, 6) is 0.426. The van der Waals surface area contributed by atoms with Gasteiger partial charge in [0.25, 0.3) is 0 Å². The standard InChI is InChI=1S/C19H24N6O2/c1-2-15-4-6-16(7-5-15)23-17(26)14-22-19(27)25-12-10-24(11-13-25)18-20-8-3-9-21-18/h3-9H,2,10-14H2,1H3,(H,22,27)(H,23,26). The second kappa shape index (κ2) is 8.98. The molecule has 27 heavy (non-hydrogen) atoms. The number of aromatic nitrogens is 2. The first kappa shape index (κ1) is 18.6. The van der Waals surface area contributed by atoms with Crippen molar-refractivity contribution in [1.82, 2.24) is 20.2 Å². The summed E-state index contributed by atoms with van der Waals surface area (Å²) in [5, 5.41) is 5.46. The van der Waals surface area contributed by atoms with Crippen LogP contribution in [0, 0.1) is 0 Å². The van der Waals surface area contributed by atoms with Crippen LogP contribution in [0.5, 0.6) is 0 Å². The topological polar surface area (TPSA) is 90.5 Å². The van der Waals surface area contributed by atoms with Gasteiger partial charge in [0, 0.05) is 44.3 Å². The number of nitrogens with zero attached hydrogens (tertiary/aromatic N) is 4. The van der Waals surface area contributed by atoms with Crippen LogP contribution >= 0.6 is 0 Å². The molecule has 2 aromatic rings. The lowest BCUT2D eigenvalue weighted by Crippen LogP contribution is -2.53. The fourth-order valence-electron chi connectivity index (χ4n) is 2.86. The van der Waals surface area contributed by atoms with Gasteiger partial charge >= 0.3 is 6.03 Å². The number of carbonyl (C=O) groups excluding carboxylic acids is 2. The summed E-state index contributed by atoms with van der Waals surface area (Å²) in [4.78, 5) is 36.5. The van der Waals surface area contributed by atoms with E-state index >= 15 is 0 Å². The van der Waals surface area contributed by atoms with E-state index in [0.717, 1.165) is 12.1 Å². The summed E-state index contributed by atoms with van der Waals surface area (Å²) in [7, 11) is 0. The smallest absolute Gasteiger partial charge is 0.317 e. The third kappa shape index (κ3) is 5.16. The van der Waals surface area contributed by atoms with Gasteiger partial charge in [-0.25, -0.2) is 14.8 Å². The minimum atomic E-state index is -0.246. The summed E-state index contributed by atoms with van der Waals surface area (Å²) in [6.07, 6.45) is 4.36. The monoisotopic (exact) mass is 368 g/mol. The predicted octanol–water partition coefficient (Wildman–Crippen LogP) is 1.51. The number of benzene rings is 1. The second-order valence-corrected chi connectivity index (χ2v) is 6.28. The maximum absolute atomic E-state index is 12.3. The van der Waals surface area contributed by atoms with Crippen LogP contribution in [0.1, 0.15) is 12.5 Å². The highest BCUT2D eigenvalue weighted by Crippen LogP contribution is 2.11. The Kier molecular flexibility index (Phi) is 6.19. The van der Waals surface area contributed by atoms with Crippen molar-refractivity contribution in [2.75, 3.05) is 42.9 Å². The molecule has 1 fully saturated rings. The number of nitrogens with one attached hydrogen (secondary N) is 2. The zero-order chi connectivity index (χ0) is 19.1. The van der Waals surface area contributed by atoms with Gasteiger partial charge in [0.05, 0.1) is 6.54 Å². The highest BCUT2D eigenvalue weighted by molar-refractivity contribution is 5.94. The molecular weight excluding hydrogens is 344 g/mol. The summed E-state index contributed by atoms with van der Waals surface area (Å²) < 4.78 is 0. The number of urea groups is 1. The van der Waals surface area contributed by atoms with E-state index < -0.39 is 0 Å². The van der Waals surface area contributed by atoms with Crippen molar-refractivity contribution < 1.29 is 9.59 Å². The Bertz CT molecular complexity index is 758. The Morgan fingerprint density at radius 2 is 1.70 bits per heavy atom. The van der Waals surface area contributed by atoms with E-state index in [1.54, 1.807) is 23.4 Å². The molecular formula is C19H24N6O2. The molecule has 0 saturated carbocycles. The van der Waals surface area contributed by atoms with Crippen LogP contribution in [0.3, 0.4) is 0 Å². The zero-order valence-electron chi connectivity index (χ0n) is 15.4. The second-order valence-electron chi connectivity index (χ2n) is 6.28. The van der Waals surface area contributed by atoms with E-state index in [1.807, 2.05) is 29.2 Å². The molecule has 0 unspecified atom stereocenters.